The van der Waals surface area contributed by atoms with E-state index in [2.05, 4.69) is 31.8 Å². The van der Waals surface area contributed by atoms with Gasteiger partial charge in [-0.2, -0.15) is 0 Å². The van der Waals surface area contributed by atoms with Crippen LogP contribution in [0.5, 0.6) is 0 Å². The second kappa shape index (κ2) is 5.04. The third-order valence-corrected chi connectivity index (χ3v) is 2.52. The van der Waals surface area contributed by atoms with E-state index in [9.17, 15) is 0 Å². The Hall–Kier alpha value is -0.700. The first-order valence-electron chi connectivity index (χ1n) is 5.00. The Bertz CT molecular complexity index is 212. The van der Waals surface area contributed by atoms with Crippen molar-refractivity contribution in [3.05, 3.63) is 11.6 Å². The predicted octanol–water partition coefficient (Wildman–Crippen LogP) is 3.54. The van der Waals surface area contributed by atoms with Crippen LogP contribution in [0.15, 0.2) is 11.6 Å². The van der Waals surface area contributed by atoms with Crippen LogP contribution in [0.4, 0.5) is 0 Å². The van der Waals surface area contributed by atoms with Crippen molar-refractivity contribution < 1.29 is 0 Å². The monoisotopic (exact) mass is 162 g/mol. The summed E-state index contributed by atoms with van der Waals surface area (Å²) in [4.78, 5) is 0. The van der Waals surface area contributed by atoms with E-state index in [-0.39, 0.29) is 0 Å². The Labute approximate surface area is 76.1 Å². The topological polar surface area (TPSA) is 0 Å². The minimum absolute atomic E-state index is 0.899. The molecule has 66 valence electrons. The van der Waals surface area contributed by atoms with Gasteiger partial charge in [-0.3, -0.25) is 0 Å². The summed E-state index contributed by atoms with van der Waals surface area (Å²) in [6.07, 6.45) is 8.58. The number of hydrogen-bond acceptors (Lipinski definition) is 0. The molecule has 0 nitrogen and oxygen atoms in total. The highest BCUT2D eigenvalue weighted by molar-refractivity contribution is 5.41. The van der Waals surface area contributed by atoms with Crippen LogP contribution < -0.4 is 0 Å². The molecule has 12 heavy (non-hydrogen) atoms. The highest BCUT2D eigenvalue weighted by atomic mass is 14.0. The highest BCUT2D eigenvalue weighted by Gasteiger charge is 1.99. The molecular weight excluding hydrogens is 144 g/mol. The fourth-order valence-electron chi connectivity index (χ4n) is 1.26. The summed E-state index contributed by atoms with van der Waals surface area (Å²) in [6.45, 7) is 4.59. The van der Waals surface area contributed by atoms with Gasteiger partial charge < -0.3 is 0 Å². The van der Waals surface area contributed by atoms with Crippen LogP contribution in [-0.2, 0) is 0 Å². The summed E-state index contributed by atoms with van der Waals surface area (Å²) >= 11 is 0. The van der Waals surface area contributed by atoms with Crippen LogP contribution in [0.1, 0.15) is 46.0 Å². The molecule has 0 fully saturated rings. The second-order valence-corrected chi connectivity index (χ2v) is 3.65. The smallest absolute Gasteiger partial charge is 0.0420 e. The maximum Gasteiger partial charge on any atom is 0.0420 e. The van der Waals surface area contributed by atoms with E-state index in [0.717, 1.165) is 12.3 Å². The maximum atomic E-state index is 3.06. The van der Waals surface area contributed by atoms with Gasteiger partial charge in [0.25, 0.3) is 0 Å². The van der Waals surface area contributed by atoms with Gasteiger partial charge in [-0.05, 0) is 18.8 Å². The molecule has 0 amide bonds. The van der Waals surface area contributed by atoms with E-state index < -0.39 is 0 Å². The SMILES string of the molecule is CCC(C)CCCC=C1C#CC1. The quantitative estimate of drug-likeness (QED) is 0.428. The van der Waals surface area contributed by atoms with E-state index >= 15 is 0 Å². The Morgan fingerprint density at radius 1 is 1.58 bits per heavy atom. The lowest BCUT2D eigenvalue weighted by molar-refractivity contribution is 0.498. The van der Waals surface area contributed by atoms with E-state index in [0.29, 0.717) is 0 Å². The minimum Gasteiger partial charge on any atom is -0.0927 e. The van der Waals surface area contributed by atoms with Crippen LogP contribution >= 0.6 is 0 Å². The molecule has 0 N–H and O–H groups in total. The van der Waals surface area contributed by atoms with Gasteiger partial charge in [0.1, 0.15) is 0 Å². The zero-order valence-electron chi connectivity index (χ0n) is 8.19. The molecule has 1 atom stereocenters. The number of rotatable bonds is 5. The van der Waals surface area contributed by atoms with Crippen LogP contribution in [0.25, 0.3) is 0 Å². The van der Waals surface area contributed by atoms with Gasteiger partial charge in [0.05, 0.1) is 0 Å². The van der Waals surface area contributed by atoms with Gasteiger partial charge in [0, 0.05) is 12.0 Å². The zero-order valence-corrected chi connectivity index (χ0v) is 8.19. The molecule has 0 heteroatoms. The summed E-state index contributed by atoms with van der Waals surface area (Å²) in [5, 5.41) is 0. The fourth-order valence-corrected chi connectivity index (χ4v) is 1.26. The molecule has 1 aliphatic rings. The van der Waals surface area contributed by atoms with Crippen molar-refractivity contribution in [1.29, 1.82) is 0 Å². The van der Waals surface area contributed by atoms with Crippen LogP contribution in [0.3, 0.4) is 0 Å². The lowest BCUT2D eigenvalue weighted by Gasteiger charge is -2.06. The average Bonchev–Trinajstić information content (AvgIpc) is 2.00. The largest absolute Gasteiger partial charge is 0.0927 e. The van der Waals surface area contributed by atoms with E-state index in [1.165, 1.54) is 31.3 Å². The maximum absolute atomic E-state index is 3.06. The zero-order chi connectivity index (χ0) is 8.81. The molecule has 0 spiro atoms. The van der Waals surface area contributed by atoms with Crippen molar-refractivity contribution in [1.82, 2.24) is 0 Å². The van der Waals surface area contributed by atoms with Crippen molar-refractivity contribution in [2.75, 3.05) is 0 Å². The van der Waals surface area contributed by atoms with E-state index in [1.807, 2.05) is 0 Å². The van der Waals surface area contributed by atoms with Crippen molar-refractivity contribution in [3.63, 3.8) is 0 Å². The van der Waals surface area contributed by atoms with Crippen LogP contribution in [0.2, 0.25) is 0 Å². The van der Waals surface area contributed by atoms with Gasteiger partial charge >= 0.3 is 0 Å². The molecular formula is C12H18. The standard InChI is InChI=1S/C12H18/c1-3-11(2)7-4-5-8-12-9-6-10-12/h8,11H,3-5,7,9H2,1-2H3. The van der Waals surface area contributed by atoms with Gasteiger partial charge in [-0.15, -0.1) is 0 Å². The molecule has 0 aromatic heterocycles. The molecule has 0 saturated carbocycles. The first-order chi connectivity index (χ1) is 5.83. The third kappa shape index (κ3) is 3.13. The van der Waals surface area contributed by atoms with Crippen molar-refractivity contribution >= 4 is 0 Å². The molecule has 0 saturated heterocycles. The normalized spacial score (nSPS) is 19.7. The van der Waals surface area contributed by atoms with Crippen LogP contribution in [0, 0.1) is 17.8 Å². The summed E-state index contributed by atoms with van der Waals surface area (Å²) in [5.74, 6) is 6.96. The van der Waals surface area contributed by atoms with Crippen molar-refractivity contribution in [3.8, 4) is 11.8 Å². The molecule has 0 radical (unpaired) electrons. The molecule has 1 unspecified atom stereocenters. The third-order valence-electron chi connectivity index (χ3n) is 2.52. The van der Waals surface area contributed by atoms with Gasteiger partial charge in [0.2, 0.25) is 0 Å². The summed E-state index contributed by atoms with van der Waals surface area (Å²) in [6, 6.07) is 0. The highest BCUT2D eigenvalue weighted by Crippen LogP contribution is 2.14. The van der Waals surface area contributed by atoms with Crippen molar-refractivity contribution in [2.45, 2.75) is 46.0 Å². The lowest BCUT2D eigenvalue weighted by Crippen LogP contribution is -1.92. The first kappa shape index (κ1) is 9.39. The molecule has 1 rings (SSSR count). The Morgan fingerprint density at radius 3 is 2.83 bits per heavy atom. The molecule has 0 aliphatic heterocycles. The Kier molecular flexibility index (Phi) is 3.94. The Morgan fingerprint density at radius 2 is 2.33 bits per heavy atom. The number of allylic oxidation sites excluding steroid dienone is 2. The summed E-state index contributed by atoms with van der Waals surface area (Å²) in [7, 11) is 0. The summed E-state index contributed by atoms with van der Waals surface area (Å²) in [5.41, 5.74) is 1.36. The molecule has 0 aromatic rings. The predicted molar refractivity (Wildman–Crippen MR) is 53.8 cm³/mol. The summed E-state index contributed by atoms with van der Waals surface area (Å²) < 4.78 is 0. The average molecular weight is 162 g/mol. The Balaban J connectivity index is 2.00. The molecule has 1 aliphatic carbocycles. The minimum atomic E-state index is 0.899. The van der Waals surface area contributed by atoms with Gasteiger partial charge in [0.15, 0.2) is 0 Å². The number of hydrogen-bond donors (Lipinski definition) is 0. The molecule has 0 bridgehead atoms. The second-order valence-electron chi connectivity index (χ2n) is 3.65. The molecule has 0 heterocycles. The lowest BCUT2D eigenvalue weighted by atomic mass is 9.99. The fraction of sp³-hybridized carbons (Fsp3) is 0.667. The molecule has 0 aromatic carbocycles. The first-order valence-corrected chi connectivity index (χ1v) is 5.00. The van der Waals surface area contributed by atoms with Gasteiger partial charge in [-0.1, -0.05) is 44.6 Å². The van der Waals surface area contributed by atoms with E-state index in [4.69, 9.17) is 0 Å². The van der Waals surface area contributed by atoms with Gasteiger partial charge in [-0.25, -0.2) is 0 Å². The van der Waals surface area contributed by atoms with Crippen LogP contribution in [-0.4, -0.2) is 0 Å². The number of unbranched alkanes of at least 4 members (excludes halogenated alkanes) is 1. The van der Waals surface area contributed by atoms with Crippen molar-refractivity contribution in [2.24, 2.45) is 5.92 Å². The van der Waals surface area contributed by atoms with E-state index in [1.54, 1.807) is 0 Å².